The fraction of sp³-hybridized carbons (Fsp3) is 0.200. The Morgan fingerprint density at radius 2 is 2.00 bits per heavy atom. The average molecular weight is 278 g/mol. The van der Waals surface area contributed by atoms with E-state index in [1.54, 1.807) is 18.6 Å². The molecule has 3 aromatic rings. The van der Waals surface area contributed by atoms with Gasteiger partial charge in [0.05, 0.1) is 18.5 Å². The second-order valence-corrected chi connectivity index (χ2v) is 5.01. The average Bonchev–Trinajstić information content (AvgIpc) is 3.01. The Labute approximate surface area is 122 Å². The molecular formula is C15H14N6. The molecule has 6 heteroatoms. The van der Waals surface area contributed by atoms with Crippen molar-refractivity contribution in [2.75, 3.05) is 5.32 Å². The van der Waals surface area contributed by atoms with E-state index < -0.39 is 0 Å². The van der Waals surface area contributed by atoms with Gasteiger partial charge in [-0.1, -0.05) is 0 Å². The molecule has 0 bridgehead atoms. The van der Waals surface area contributed by atoms with E-state index in [0.29, 0.717) is 11.3 Å². The molecule has 2 N–H and O–H groups in total. The Morgan fingerprint density at radius 3 is 2.67 bits per heavy atom. The van der Waals surface area contributed by atoms with Crippen LogP contribution in [0.15, 0.2) is 30.9 Å². The van der Waals surface area contributed by atoms with Crippen molar-refractivity contribution in [3.8, 4) is 11.1 Å². The first-order chi connectivity index (χ1) is 10.2. The number of fused-ring (bicyclic) bond motifs is 1. The van der Waals surface area contributed by atoms with Crippen LogP contribution in [0.4, 0.5) is 11.4 Å². The fourth-order valence-corrected chi connectivity index (χ4v) is 2.16. The largest absolute Gasteiger partial charge is 0.391 e. The lowest BCUT2D eigenvalue weighted by Gasteiger charge is -2.14. The minimum absolute atomic E-state index is 0.216. The van der Waals surface area contributed by atoms with Crippen LogP contribution < -0.4 is 5.32 Å². The standard InChI is InChI=1S/C15H14N6/c1-9(2)21-14-12-4-10(11-6-19-20-7-11)5-17-15(12)18-8-13(14)16-3/h4-9H,1-2H3,(H,19,20)(H,17,18,21). The predicted octanol–water partition coefficient (Wildman–Crippen LogP) is 3.39. The summed E-state index contributed by atoms with van der Waals surface area (Å²) in [6.07, 6.45) is 6.87. The number of pyridine rings is 2. The van der Waals surface area contributed by atoms with Crippen molar-refractivity contribution in [2.24, 2.45) is 0 Å². The van der Waals surface area contributed by atoms with Crippen LogP contribution in [-0.2, 0) is 0 Å². The number of hydrogen-bond acceptors (Lipinski definition) is 4. The molecule has 3 aromatic heterocycles. The molecule has 21 heavy (non-hydrogen) atoms. The molecule has 104 valence electrons. The van der Waals surface area contributed by atoms with Crippen LogP contribution in [0, 0.1) is 6.57 Å². The normalized spacial score (nSPS) is 10.8. The van der Waals surface area contributed by atoms with Crippen LogP contribution in [-0.4, -0.2) is 26.2 Å². The van der Waals surface area contributed by atoms with Crippen molar-refractivity contribution in [1.29, 1.82) is 0 Å². The second kappa shape index (κ2) is 5.21. The van der Waals surface area contributed by atoms with Gasteiger partial charge in [0.1, 0.15) is 0 Å². The molecule has 3 rings (SSSR count). The van der Waals surface area contributed by atoms with Crippen LogP contribution in [0.1, 0.15) is 13.8 Å². The van der Waals surface area contributed by atoms with Gasteiger partial charge in [-0.3, -0.25) is 5.10 Å². The molecule has 0 saturated carbocycles. The molecule has 0 aliphatic carbocycles. The summed E-state index contributed by atoms with van der Waals surface area (Å²) in [6, 6.07) is 2.20. The van der Waals surface area contributed by atoms with Gasteiger partial charge < -0.3 is 5.32 Å². The van der Waals surface area contributed by atoms with Gasteiger partial charge in [-0.15, -0.1) is 0 Å². The van der Waals surface area contributed by atoms with Crippen LogP contribution in [0.3, 0.4) is 0 Å². The maximum Gasteiger partial charge on any atom is 0.228 e. The number of H-pyrrole nitrogens is 1. The molecule has 0 saturated heterocycles. The molecule has 0 radical (unpaired) electrons. The first-order valence-electron chi connectivity index (χ1n) is 6.61. The van der Waals surface area contributed by atoms with Crippen molar-refractivity contribution >= 4 is 22.4 Å². The summed E-state index contributed by atoms with van der Waals surface area (Å²) in [5, 5.41) is 10.9. The summed E-state index contributed by atoms with van der Waals surface area (Å²) in [7, 11) is 0. The molecule has 0 amide bonds. The minimum Gasteiger partial charge on any atom is -0.391 e. The molecule has 0 spiro atoms. The zero-order chi connectivity index (χ0) is 14.8. The van der Waals surface area contributed by atoms with E-state index in [1.807, 2.05) is 26.1 Å². The number of aromatic amines is 1. The number of aromatic nitrogens is 4. The van der Waals surface area contributed by atoms with Gasteiger partial charge in [0.15, 0.2) is 5.65 Å². The summed E-state index contributed by atoms with van der Waals surface area (Å²) in [5.74, 6) is 0. The van der Waals surface area contributed by atoms with E-state index in [0.717, 1.165) is 22.2 Å². The van der Waals surface area contributed by atoms with Gasteiger partial charge >= 0.3 is 0 Å². The van der Waals surface area contributed by atoms with Gasteiger partial charge in [-0.2, -0.15) is 5.10 Å². The Hall–Kier alpha value is -2.94. The highest BCUT2D eigenvalue weighted by molar-refractivity contribution is 5.98. The number of hydrogen-bond donors (Lipinski definition) is 2. The lowest BCUT2D eigenvalue weighted by molar-refractivity contribution is 0.902. The zero-order valence-electron chi connectivity index (χ0n) is 11.8. The van der Waals surface area contributed by atoms with Gasteiger partial charge in [0.25, 0.3) is 0 Å². The smallest absolute Gasteiger partial charge is 0.228 e. The van der Waals surface area contributed by atoms with Crippen molar-refractivity contribution < 1.29 is 0 Å². The van der Waals surface area contributed by atoms with Crippen molar-refractivity contribution in [2.45, 2.75) is 19.9 Å². The third kappa shape index (κ3) is 2.41. The SMILES string of the molecule is [C-]#[N+]c1cnc2ncc(-c3cn[nH]c3)cc2c1NC(C)C. The number of anilines is 1. The zero-order valence-corrected chi connectivity index (χ0v) is 11.8. The maximum absolute atomic E-state index is 7.31. The van der Waals surface area contributed by atoms with Gasteiger partial charge in [-0.25, -0.2) is 14.8 Å². The fourth-order valence-electron chi connectivity index (χ4n) is 2.16. The summed E-state index contributed by atoms with van der Waals surface area (Å²) in [5.41, 5.74) is 3.79. The first kappa shape index (κ1) is 13.1. The van der Waals surface area contributed by atoms with Crippen molar-refractivity contribution in [3.05, 3.63) is 42.3 Å². The Balaban J connectivity index is 2.24. The molecule has 6 nitrogen and oxygen atoms in total. The molecule has 0 aliphatic heterocycles. The Kier molecular flexibility index (Phi) is 3.24. The Bertz CT molecular complexity index is 814. The highest BCUT2D eigenvalue weighted by Crippen LogP contribution is 2.33. The summed E-state index contributed by atoms with van der Waals surface area (Å²) < 4.78 is 0. The van der Waals surface area contributed by atoms with E-state index in [1.165, 1.54) is 0 Å². The molecular weight excluding hydrogens is 264 g/mol. The van der Waals surface area contributed by atoms with Crippen molar-refractivity contribution in [1.82, 2.24) is 20.2 Å². The van der Waals surface area contributed by atoms with Gasteiger partial charge in [-0.05, 0) is 19.9 Å². The minimum atomic E-state index is 0.216. The molecule has 0 aliphatic rings. The van der Waals surface area contributed by atoms with Crippen LogP contribution in [0.25, 0.3) is 27.0 Å². The van der Waals surface area contributed by atoms with Gasteiger partial charge in [0, 0.05) is 41.1 Å². The maximum atomic E-state index is 7.31. The number of rotatable bonds is 3. The third-order valence-corrected chi connectivity index (χ3v) is 3.09. The Morgan fingerprint density at radius 1 is 1.19 bits per heavy atom. The van der Waals surface area contributed by atoms with Gasteiger partial charge in [0.2, 0.25) is 5.69 Å². The number of nitrogens with zero attached hydrogens (tertiary/aromatic N) is 4. The van der Waals surface area contributed by atoms with Crippen molar-refractivity contribution in [3.63, 3.8) is 0 Å². The molecule has 0 unspecified atom stereocenters. The molecule has 0 aromatic carbocycles. The van der Waals surface area contributed by atoms with Crippen LogP contribution in [0.2, 0.25) is 0 Å². The van der Waals surface area contributed by atoms with E-state index in [-0.39, 0.29) is 6.04 Å². The van der Waals surface area contributed by atoms with E-state index >= 15 is 0 Å². The highest BCUT2D eigenvalue weighted by Gasteiger charge is 2.12. The van der Waals surface area contributed by atoms with E-state index in [4.69, 9.17) is 6.57 Å². The molecule has 0 fully saturated rings. The topological polar surface area (TPSA) is 70.8 Å². The van der Waals surface area contributed by atoms with E-state index in [9.17, 15) is 0 Å². The number of nitrogens with one attached hydrogen (secondary N) is 2. The summed E-state index contributed by atoms with van der Waals surface area (Å²) in [6.45, 7) is 11.4. The lowest BCUT2D eigenvalue weighted by atomic mass is 10.1. The summed E-state index contributed by atoms with van der Waals surface area (Å²) in [4.78, 5) is 12.2. The molecule has 0 atom stereocenters. The van der Waals surface area contributed by atoms with Crippen LogP contribution in [0.5, 0.6) is 0 Å². The second-order valence-electron chi connectivity index (χ2n) is 5.01. The summed E-state index contributed by atoms with van der Waals surface area (Å²) >= 11 is 0. The molecule has 3 heterocycles. The predicted molar refractivity (Wildman–Crippen MR) is 82.1 cm³/mol. The lowest BCUT2D eigenvalue weighted by Crippen LogP contribution is -2.10. The highest BCUT2D eigenvalue weighted by atomic mass is 15.1. The third-order valence-electron chi connectivity index (χ3n) is 3.09. The first-order valence-corrected chi connectivity index (χ1v) is 6.61. The monoisotopic (exact) mass is 278 g/mol. The van der Waals surface area contributed by atoms with Crippen LogP contribution >= 0.6 is 0 Å². The quantitative estimate of drug-likeness (QED) is 0.720. The van der Waals surface area contributed by atoms with E-state index in [2.05, 4.69) is 30.3 Å².